The van der Waals surface area contributed by atoms with E-state index in [1.165, 1.54) is 22.3 Å². The predicted octanol–water partition coefficient (Wildman–Crippen LogP) is 1.02. The molecule has 0 saturated carbocycles. The van der Waals surface area contributed by atoms with Gasteiger partial charge in [-0.25, -0.2) is 0 Å². The number of aryl methyl sites for hydroxylation is 1. The molecule has 3 heteroatoms. The quantitative estimate of drug-likeness (QED) is 0.302. The van der Waals surface area contributed by atoms with Crippen LogP contribution in [0.25, 0.3) is 11.1 Å². The molecule has 3 heterocycles. The molecule has 2 aliphatic rings. The van der Waals surface area contributed by atoms with Crippen molar-refractivity contribution in [2.75, 3.05) is 0 Å². The van der Waals surface area contributed by atoms with Gasteiger partial charge in [0.05, 0.1) is 0 Å². The van der Waals surface area contributed by atoms with Gasteiger partial charge < -0.3 is 0 Å². The average Bonchev–Trinajstić information content (AvgIpc) is 2.82. The third kappa shape index (κ3) is 1.30. The number of rotatable bonds is 0. The first-order chi connectivity index (χ1) is 10.7. The van der Waals surface area contributed by atoms with E-state index in [2.05, 4.69) is 48.0 Å². The van der Waals surface area contributed by atoms with Gasteiger partial charge in [-0.1, -0.05) is 0 Å². The monoisotopic (exact) mass is 348 g/mol. The number of pyridine rings is 1. The summed E-state index contributed by atoms with van der Waals surface area (Å²) in [6, 6.07) is 18.7. The second kappa shape index (κ2) is 4.02. The first-order valence-electron chi connectivity index (χ1n) is 7.53. The minimum absolute atomic E-state index is 0.824. The van der Waals surface area contributed by atoms with Crippen LogP contribution in [0.4, 0.5) is 0 Å². The maximum absolute atomic E-state index is 14.3. The van der Waals surface area contributed by atoms with Gasteiger partial charge in [-0.2, -0.15) is 0 Å². The molecule has 0 fully saturated rings. The van der Waals surface area contributed by atoms with Gasteiger partial charge in [0.1, 0.15) is 0 Å². The first kappa shape index (κ1) is 12.5. The van der Waals surface area contributed by atoms with Gasteiger partial charge in [-0.05, 0) is 0 Å². The van der Waals surface area contributed by atoms with E-state index in [-0.39, 0.29) is 0 Å². The second-order valence-electron chi connectivity index (χ2n) is 6.07. The molecule has 0 saturated heterocycles. The van der Waals surface area contributed by atoms with E-state index in [4.69, 9.17) is 0 Å². The van der Waals surface area contributed by atoms with E-state index in [0.717, 1.165) is 19.7 Å². The van der Waals surface area contributed by atoms with E-state index >= 15 is 0 Å². The van der Waals surface area contributed by atoms with Gasteiger partial charge in [-0.15, -0.1) is 0 Å². The molecule has 3 aromatic rings. The van der Waals surface area contributed by atoms with Gasteiger partial charge in [0.25, 0.3) is 0 Å². The Kier molecular flexibility index (Phi) is 2.28. The van der Waals surface area contributed by atoms with Gasteiger partial charge >= 0.3 is 131 Å². The molecule has 2 aliphatic heterocycles. The molecule has 0 spiro atoms. The van der Waals surface area contributed by atoms with Gasteiger partial charge in [0.15, 0.2) is 0 Å². The first-order valence-corrected chi connectivity index (χ1v) is 11.1. The minimum atomic E-state index is -3.53. The molecule has 0 radical (unpaired) electrons. The summed E-state index contributed by atoms with van der Waals surface area (Å²) in [5.41, 5.74) is 4.86. The molecular weight excluding hydrogens is 333 g/mol. The van der Waals surface area contributed by atoms with Gasteiger partial charge in [-0.3, -0.25) is 0 Å². The van der Waals surface area contributed by atoms with Crippen LogP contribution < -0.4 is 17.8 Å². The number of nitrogens with zero attached hydrogens (tertiary/aromatic N) is 1. The molecule has 22 heavy (non-hydrogen) atoms. The number of aromatic nitrogens is 1. The second-order valence-corrected chi connectivity index (χ2v) is 11.5. The summed E-state index contributed by atoms with van der Waals surface area (Å²) >= 11 is -3.53. The van der Waals surface area contributed by atoms with Crippen molar-refractivity contribution in [3.63, 3.8) is 0 Å². The fourth-order valence-electron chi connectivity index (χ4n) is 3.91. The van der Waals surface area contributed by atoms with Crippen LogP contribution in [0.2, 0.25) is 0 Å². The summed E-state index contributed by atoms with van der Waals surface area (Å²) < 4.78 is 19.7. The van der Waals surface area contributed by atoms with Crippen LogP contribution in [-0.2, 0) is 10.3 Å². The Balaban J connectivity index is 2.03. The number of hydrogen-bond acceptors (Lipinski definition) is 1. The topological polar surface area (TPSA) is 20.9 Å². The summed E-state index contributed by atoms with van der Waals surface area (Å²) in [6.45, 7) is 2.96. The molecule has 0 N–H and O–H groups in total. The maximum atomic E-state index is 14.3. The van der Waals surface area contributed by atoms with Crippen molar-refractivity contribution in [1.82, 2.24) is 0 Å². The molecule has 2 aromatic carbocycles. The zero-order valence-corrected chi connectivity index (χ0v) is 14.2. The van der Waals surface area contributed by atoms with Crippen molar-refractivity contribution in [3.8, 4) is 11.1 Å². The molecule has 1 atom stereocenters. The fraction of sp³-hybridized carbons (Fsp3) is 0.105. The zero-order chi connectivity index (χ0) is 14.9. The van der Waals surface area contributed by atoms with Crippen LogP contribution in [-0.4, -0.2) is 13.5 Å². The van der Waals surface area contributed by atoms with Crippen molar-refractivity contribution < 1.29 is 8.31 Å². The number of hydrogen-bond donors (Lipinski definition) is 0. The SMILES string of the molecule is Cc1ccc2c3c1C[n+]1ccccc1[As]3(=O)c1ccccc1-2. The Bertz CT molecular complexity index is 1010. The third-order valence-corrected chi connectivity index (χ3v) is 11.8. The van der Waals surface area contributed by atoms with E-state index in [1.807, 2.05) is 24.3 Å². The molecular formula is C19H15AsNO+. The summed E-state index contributed by atoms with van der Waals surface area (Å²) in [5.74, 6) is 0. The molecule has 1 unspecified atom stereocenters. The van der Waals surface area contributed by atoms with Crippen LogP contribution in [0.1, 0.15) is 11.1 Å². The Morgan fingerprint density at radius 1 is 0.955 bits per heavy atom. The van der Waals surface area contributed by atoms with Gasteiger partial charge in [0.2, 0.25) is 0 Å². The molecule has 106 valence electrons. The molecule has 0 aliphatic carbocycles. The average molecular weight is 348 g/mol. The molecule has 5 rings (SSSR count). The normalized spacial score (nSPS) is 20.2. The Morgan fingerprint density at radius 2 is 1.77 bits per heavy atom. The molecule has 0 amide bonds. The van der Waals surface area contributed by atoms with Gasteiger partial charge in [0, 0.05) is 0 Å². The van der Waals surface area contributed by atoms with Crippen molar-refractivity contribution in [2.45, 2.75) is 13.5 Å². The molecule has 2 nitrogen and oxygen atoms in total. The third-order valence-electron chi connectivity index (χ3n) is 4.93. The van der Waals surface area contributed by atoms with E-state index in [9.17, 15) is 3.74 Å². The van der Waals surface area contributed by atoms with Crippen LogP contribution >= 0.6 is 0 Å². The van der Waals surface area contributed by atoms with Crippen molar-refractivity contribution in [1.29, 1.82) is 0 Å². The van der Waals surface area contributed by atoms with Crippen LogP contribution in [0.3, 0.4) is 0 Å². The fourth-order valence-corrected chi connectivity index (χ4v) is 11.3. The summed E-state index contributed by atoms with van der Waals surface area (Å²) in [7, 11) is 0. The van der Waals surface area contributed by atoms with E-state index < -0.39 is 13.5 Å². The summed E-state index contributed by atoms with van der Waals surface area (Å²) in [4.78, 5) is 0. The Morgan fingerprint density at radius 3 is 2.68 bits per heavy atom. The summed E-state index contributed by atoms with van der Waals surface area (Å²) in [6.07, 6.45) is 2.06. The van der Waals surface area contributed by atoms with Crippen LogP contribution in [0, 0.1) is 6.92 Å². The summed E-state index contributed by atoms with van der Waals surface area (Å²) in [5, 5.41) is 0. The molecule has 0 bridgehead atoms. The van der Waals surface area contributed by atoms with Crippen molar-refractivity contribution in [3.05, 3.63) is 71.9 Å². The Hall–Kier alpha value is -2.05. The number of benzene rings is 2. The standard InChI is InChI=1S/C19H15AsNO/c1-13-9-10-15-14-6-2-3-7-17(14)20(22)18-8-4-5-11-21(18)12-16(13)19(15)20/h2-11H,12H2,1H3/q+1. The molecule has 1 aromatic heterocycles. The predicted molar refractivity (Wildman–Crippen MR) is 87.7 cm³/mol. The Labute approximate surface area is 131 Å². The zero-order valence-electron chi connectivity index (χ0n) is 12.3. The van der Waals surface area contributed by atoms with Crippen molar-refractivity contribution in [2.24, 2.45) is 0 Å². The van der Waals surface area contributed by atoms with Crippen LogP contribution in [0.5, 0.6) is 0 Å². The number of fused-ring (bicyclic) bond motifs is 5. The van der Waals surface area contributed by atoms with Crippen molar-refractivity contribution >= 4 is 26.7 Å². The van der Waals surface area contributed by atoms with Crippen LogP contribution in [0.15, 0.2) is 60.8 Å². The van der Waals surface area contributed by atoms with E-state index in [1.54, 1.807) is 0 Å². The van der Waals surface area contributed by atoms with E-state index in [0.29, 0.717) is 0 Å².